The summed E-state index contributed by atoms with van der Waals surface area (Å²) in [5, 5.41) is 4.24. The molecule has 0 radical (unpaired) electrons. The lowest BCUT2D eigenvalue weighted by atomic mass is 10.0. The lowest BCUT2D eigenvalue weighted by molar-refractivity contribution is 0.0909. The maximum atomic E-state index is 12.9. The van der Waals surface area contributed by atoms with Gasteiger partial charge >= 0.3 is 0 Å². The Bertz CT molecular complexity index is 1550. The van der Waals surface area contributed by atoms with Crippen molar-refractivity contribution in [3.8, 4) is 11.5 Å². The number of piperidine rings is 1. The van der Waals surface area contributed by atoms with E-state index in [1.807, 2.05) is 55.6 Å². The van der Waals surface area contributed by atoms with E-state index in [4.69, 9.17) is 26.1 Å². The van der Waals surface area contributed by atoms with Gasteiger partial charge in [0.05, 0.1) is 14.2 Å². The summed E-state index contributed by atoms with van der Waals surface area (Å²) in [6, 6.07) is 26.2. The Labute approximate surface area is 275 Å². The van der Waals surface area contributed by atoms with E-state index in [1.165, 1.54) is 17.3 Å². The number of amides is 1. The number of benzene rings is 3. The van der Waals surface area contributed by atoms with Crippen molar-refractivity contribution in [2.24, 2.45) is 0 Å². The maximum Gasteiger partial charge on any atom is 0.251 e. The molecule has 1 amide bonds. The smallest absolute Gasteiger partial charge is 0.251 e. The molecule has 0 spiro atoms. The Balaban J connectivity index is 1.09. The van der Waals surface area contributed by atoms with Crippen LogP contribution in [0.5, 0.6) is 11.5 Å². The minimum Gasteiger partial charge on any atom is -0.493 e. The highest BCUT2D eigenvalue weighted by Gasteiger charge is 2.21. The van der Waals surface area contributed by atoms with Crippen LogP contribution < -0.4 is 19.7 Å². The number of ether oxygens (including phenoxy) is 2. The van der Waals surface area contributed by atoms with E-state index in [9.17, 15) is 4.79 Å². The van der Waals surface area contributed by atoms with Crippen LogP contribution in [0.3, 0.4) is 0 Å². The first-order valence-corrected chi connectivity index (χ1v) is 16.5. The number of hydrogen-bond acceptors (Lipinski definition) is 8. The molecule has 5 rings (SSSR count). The zero-order valence-corrected chi connectivity index (χ0v) is 27.6. The number of anilines is 1. The predicted octanol–water partition coefficient (Wildman–Crippen LogP) is 6.51. The monoisotopic (exact) mass is 645 g/mol. The third-order valence-corrected chi connectivity index (χ3v) is 9.10. The number of halogens is 1. The van der Waals surface area contributed by atoms with E-state index >= 15 is 0 Å². The molecule has 8 nitrogen and oxygen atoms in total. The predicted molar refractivity (Wildman–Crippen MR) is 182 cm³/mol. The molecule has 0 aliphatic carbocycles. The zero-order valence-electron chi connectivity index (χ0n) is 26.0. The summed E-state index contributed by atoms with van der Waals surface area (Å²) in [6.45, 7) is 3.66. The Morgan fingerprint density at radius 1 is 0.933 bits per heavy atom. The third kappa shape index (κ3) is 9.36. The minimum absolute atomic E-state index is 0.0188. The van der Waals surface area contributed by atoms with Crippen molar-refractivity contribution in [2.75, 3.05) is 45.8 Å². The highest BCUT2D eigenvalue weighted by Crippen LogP contribution is 2.28. The molecule has 10 heteroatoms. The number of methoxy groups -OCH3 is 2. The number of rotatable bonds is 13. The molecule has 1 saturated heterocycles. The Kier molecular flexibility index (Phi) is 11.6. The van der Waals surface area contributed by atoms with E-state index < -0.39 is 0 Å². The van der Waals surface area contributed by atoms with Crippen LogP contribution in [0.1, 0.15) is 39.9 Å². The first-order chi connectivity index (χ1) is 21.9. The van der Waals surface area contributed by atoms with Crippen molar-refractivity contribution in [2.45, 2.75) is 42.8 Å². The summed E-state index contributed by atoms with van der Waals surface area (Å²) in [4.78, 5) is 26.6. The van der Waals surface area contributed by atoms with Crippen LogP contribution >= 0.6 is 23.4 Å². The molecule has 1 fully saturated rings. The highest BCUT2D eigenvalue weighted by atomic mass is 35.5. The SMILES string of the molecule is COc1ccc(CCN(C)c2cc(Cl)nc(SCc3ccc(C(=O)NC4CCN(Cc5ccccc5)CC4)cc3)n2)cc1OC. The maximum absolute atomic E-state index is 12.9. The summed E-state index contributed by atoms with van der Waals surface area (Å²) >= 11 is 7.89. The molecule has 236 valence electrons. The fraction of sp³-hybridized carbons (Fsp3) is 0.343. The number of likely N-dealkylation sites (tertiary alicyclic amines) is 1. The van der Waals surface area contributed by atoms with E-state index in [-0.39, 0.29) is 11.9 Å². The molecule has 0 atom stereocenters. The van der Waals surface area contributed by atoms with Crippen LogP contribution in [0.25, 0.3) is 0 Å². The van der Waals surface area contributed by atoms with Crippen LogP contribution in [0, 0.1) is 0 Å². The van der Waals surface area contributed by atoms with E-state index in [0.29, 0.717) is 33.1 Å². The summed E-state index contributed by atoms with van der Waals surface area (Å²) in [5.41, 5.74) is 4.22. The number of nitrogens with one attached hydrogen (secondary N) is 1. The van der Waals surface area contributed by atoms with Gasteiger partial charge in [-0.2, -0.15) is 0 Å². The second-order valence-corrected chi connectivity index (χ2v) is 12.5. The molecular weight excluding hydrogens is 606 g/mol. The van der Waals surface area contributed by atoms with Gasteiger partial charge in [0.25, 0.3) is 5.91 Å². The summed E-state index contributed by atoms with van der Waals surface area (Å²) in [7, 11) is 5.26. The number of hydrogen-bond donors (Lipinski definition) is 1. The molecule has 0 bridgehead atoms. The first kappa shape index (κ1) is 32.6. The van der Waals surface area contributed by atoms with Gasteiger partial charge in [0.1, 0.15) is 11.0 Å². The first-order valence-electron chi connectivity index (χ1n) is 15.2. The fourth-order valence-electron chi connectivity index (χ4n) is 5.34. The van der Waals surface area contributed by atoms with Crippen molar-refractivity contribution < 1.29 is 14.3 Å². The van der Waals surface area contributed by atoms with Gasteiger partial charge in [0.2, 0.25) is 0 Å². The second-order valence-electron chi connectivity index (χ2n) is 11.2. The van der Waals surface area contributed by atoms with Crippen molar-refractivity contribution >= 4 is 35.1 Å². The van der Waals surface area contributed by atoms with Gasteiger partial charge in [-0.3, -0.25) is 9.69 Å². The van der Waals surface area contributed by atoms with Gasteiger partial charge in [0, 0.05) is 56.7 Å². The summed E-state index contributed by atoms with van der Waals surface area (Å²) < 4.78 is 10.8. The standard InChI is InChI=1S/C35H40ClN5O3S/c1-40(18-15-25-11-14-30(43-2)31(21-25)44-3)33-22-32(36)38-35(39-33)45-24-27-9-12-28(13-10-27)34(42)37-29-16-19-41(20-17-29)23-26-7-5-4-6-8-26/h4-14,21-22,29H,15-20,23-24H2,1-3H3,(H,37,42). The molecule has 1 aromatic heterocycles. The number of aromatic nitrogens is 2. The Morgan fingerprint density at radius 2 is 1.64 bits per heavy atom. The minimum atomic E-state index is -0.0188. The van der Waals surface area contributed by atoms with Crippen molar-refractivity contribution in [3.05, 3.63) is 106 Å². The molecule has 2 heterocycles. The van der Waals surface area contributed by atoms with E-state index in [1.54, 1.807) is 20.3 Å². The van der Waals surface area contributed by atoms with E-state index in [0.717, 1.165) is 62.4 Å². The van der Waals surface area contributed by atoms with Crippen LogP contribution in [0.2, 0.25) is 5.15 Å². The Morgan fingerprint density at radius 3 is 2.36 bits per heavy atom. The summed E-state index contributed by atoms with van der Waals surface area (Å²) in [6.07, 6.45) is 2.72. The van der Waals surface area contributed by atoms with Crippen molar-refractivity contribution in [1.29, 1.82) is 0 Å². The number of carbonyl (C=O) groups is 1. The molecule has 0 saturated carbocycles. The van der Waals surface area contributed by atoms with E-state index in [2.05, 4.69) is 44.4 Å². The van der Waals surface area contributed by atoms with Crippen LogP contribution in [-0.2, 0) is 18.7 Å². The molecule has 3 aromatic carbocycles. The second kappa shape index (κ2) is 16.0. The molecule has 45 heavy (non-hydrogen) atoms. The molecular formula is C35H40ClN5O3S. The van der Waals surface area contributed by atoms with Gasteiger partial charge in [-0.05, 0) is 60.2 Å². The number of carbonyl (C=O) groups excluding carboxylic acids is 1. The lowest BCUT2D eigenvalue weighted by Gasteiger charge is -2.32. The topological polar surface area (TPSA) is 79.8 Å². The van der Waals surface area contributed by atoms with Gasteiger partial charge < -0.3 is 19.7 Å². The summed E-state index contributed by atoms with van der Waals surface area (Å²) in [5.74, 6) is 2.83. The normalized spacial score (nSPS) is 13.8. The molecule has 1 N–H and O–H groups in total. The zero-order chi connectivity index (χ0) is 31.6. The quantitative estimate of drug-likeness (QED) is 0.100. The van der Waals surface area contributed by atoms with Gasteiger partial charge in [-0.25, -0.2) is 9.97 Å². The van der Waals surface area contributed by atoms with Crippen molar-refractivity contribution in [3.63, 3.8) is 0 Å². The van der Waals surface area contributed by atoms with Gasteiger partial charge in [-0.15, -0.1) is 0 Å². The van der Waals surface area contributed by atoms with Crippen LogP contribution in [-0.4, -0.2) is 67.7 Å². The number of thioether (sulfide) groups is 1. The van der Waals surface area contributed by atoms with Crippen LogP contribution in [0.15, 0.2) is 84.0 Å². The fourth-order valence-corrected chi connectivity index (χ4v) is 6.38. The van der Waals surface area contributed by atoms with Gasteiger partial charge in [-0.1, -0.05) is 71.9 Å². The molecule has 1 aliphatic heterocycles. The molecule has 0 unspecified atom stereocenters. The third-order valence-electron chi connectivity index (χ3n) is 7.99. The average Bonchev–Trinajstić information content (AvgIpc) is 3.07. The molecule has 4 aromatic rings. The lowest BCUT2D eigenvalue weighted by Crippen LogP contribution is -2.44. The number of likely N-dealkylation sites (N-methyl/N-ethyl adjacent to an activating group) is 1. The average molecular weight is 646 g/mol. The highest BCUT2D eigenvalue weighted by molar-refractivity contribution is 7.98. The van der Waals surface area contributed by atoms with Crippen molar-refractivity contribution in [1.82, 2.24) is 20.2 Å². The van der Waals surface area contributed by atoms with Gasteiger partial charge in [0.15, 0.2) is 16.7 Å². The molecule has 1 aliphatic rings. The Hall–Kier alpha value is -3.79. The van der Waals surface area contributed by atoms with Crippen LogP contribution in [0.4, 0.5) is 5.82 Å². The number of nitrogens with zero attached hydrogens (tertiary/aromatic N) is 4. The largest absolute Gasteiger partial charge is 0.493 e.